The molecule has 0 spiro atoms. The Hall–Kier alpha value is -4.76. The Morgan fingerprint density at radius 2 is 0.667 bits per heavy atom. The molecule has 0 radical (unpaired) electrons. The molecular formula is C29H18F12N2O2. The summed E-state index contributed by atoms with van der Waals surface area (Å²) >= 11 is 0. The molecular weight excluding hydrogens is 636 g/mol. The normalized spacial score (nSPS) is 12.9. The molecule has 0 aliphatic rings. The fraction of sp³-hybridized carbons (Fsp3) is 0.172. The summed E-state index contributed by atoms with van der Waals surface area (Å²) in [7, 11) is 0. The van der Waals surface area contributed by atoms with Crippen LogP contribution in [0.3, 0.4) is 0 Å². The van der Waals surface area contributed by atoms with Crippen molar-refractivity contribution in [2.45, 2.75) is 30.4 Å². The van der Waals surface area contributed by atoms with Gasteiger partial charge in [-0.2, -0.15) is 52.7 Å². The van der Waals surface area contributed by atoms with Gasteiger partial charge in [0, 0.05) is 11.1 Å². The van der Waals surface area contributed by atoms with Gasteiger partial charge in [-0.3, -0.25) is 10.6 Å². The number of para-hydroxylation sites is 6. The van der Waals surface area contributed by atoms with Crippen molar-refractivity contribution >= 4 is 11.4 Å². The zero-order valence-corrected chi connectivity index (χ0v) is 22.1. The largest absolute Gasteiger partial charge is 0.482 e. The summed E-state index contributed by atoms with van der Waals surface area (Å²) in [4.78, 5) is 0. The summed E-state index contributed by atoms with van der Waals surface area (Å²) in [6, 6.07) is 13.8. The van der Waals surface area contributed by atoms with E-state index in [-0.39, 0.29) is 0 Å². The number of benzene rings is 4. The quantitative estimate of drug-likeness (QED) is 0.147. The third kappa shape index (κ3) is 7.15. The highest BCUT2D eigenvalue weighted by atomic mass is 19.4. The minimum atomic E-state index is -6.24. The second kappa shape index (κ2) is 12.0. The Labute approximate surface area is 246 Å². The number of anilines is 2. The number of nitrogens with one attached hydrogen (secondary N) is 2. The molecule has 4 rings (SSSR count). The van der Waals surface area contributed by atoms with E-state index in [9.17, 15) is 26.3 Å². The summed E-state index contributed by atoms with van der Waals surface area (Å²) in [5.74, 6) is -3.79. The summed E-state index contributed by atoms with van der Waals surface area (Å²) in [6.07, 6.45) is -22.6. The number of alkyl halides is 12. The lowest BCUT2D eigenvalue weighted by Gasteiger charge is -2.39. The molecule has 0 aliphatic carbocycles. The standard InChI is InChI=1S/C29H18F12N2O2/c30-26(31,32)25(27(33,34)35,17-9-1-5-13-21(17)44-23-15-7-3-11-19(23)42-28(36,37)38)18-10-2-6-14-22(18)45-24-16-8-4-12-20(24)43-29(39,40)41/h1-16,42-43H. The maximum Gasteiger partial charge on any atom is 0.482 e. The van der Waals surface area contributed by atoms with Gasteiger partial charge in [-0.25, -0.2) is 0 Å². The van der Waals surface area contributed by atoms with Crippen LogP contribution >= 0.6 is 0 Å². The van der Waals surface area contributed by atoms with E-state index in [1.165, 1.54) is 0 Å². The average molecular weight is 654 g/mol. The van der Waals surface area contributed by atoms with Crippen LogP contribution in [0.1, 0.15) is 11.1 Å². The SMILES string of the molecule is FC(F)(F)Nc1ccccc1Oc1ccccc1C(c1ccccc1Oc1ccccc1NC(F)(F)F)(C(F)(F)F)C(F)(F)F. The third-order valence-electron chi connectivity index (χ3n) is 6.20. The van der Waals surface area contributed by atoms with Crippen LogP contribution in [0.25, 0.3) is 0 Å². The van der Waals surface area contributed by atoms with E-state index in [2.05, 4.69) is 0 Å². The molecule has 0 amide bonds. The lowest BCUT2D eigenvalue weighted by molar-refractivity contribution is -0.289. The van der Waals surface area contributed by atoms with E-state index < -0.39 is 75.9 Å². The number of halogens is 12. The number of hydrogen-bond acceptors (Lipinski definition) is 4. The average Bonchev–Trinajstić information content (AvgIpc) is 2.90. The molecule has 0 aromatic heterocycles. The predicted molar refractivity (Wildman–Crippen MR) is 138 cm³/mol. The van der Waals surface area contributed by atoms with E-state index >= 15 is 26.3 Å². The first-order valence-corrected chi connectivity index (χ1v) is 12.4. The smallest absolute Gasteiger partial charge is 0.455 e. The van der Waals surface area contributed by atoms with E-state index in [0.29, 0.717) is 24.3 Å². The zero-order chi connectivity index (χ0) is 33.3. The molecule has 0 aliphatic heterocycles. The van der Waals surface area contributed by atoms with Crippen molar-refractivity contribution in [2.75, 3.05) is 10.6 Å². The van der Waals surface area contributed by atoms with Crippen LogP contribution in [-0.4, -0.2) is 25.0 Å². The maximum absolute atomic E-state index is 15.1. The second-order valence-electron chi connectivity index (χ2n) is 9.18. The topological polar surface area (TPSA) is 42.5 Å². The van der Waals surface area contributed by atoms with Gasteiger partial charge in [0.15, 0.2) is 11.5 Å². The van der Waals surface area contributed by atoms with Crippen molar-refractivity contribution in [2.24, 2.45) is 0 Å². The summed E-state index contributed by atoms with van der Waals surface area (Å²) in [5, 5.41) is 2.21. The van der Waals surface area contributed by atoms with Gasteiger partial charge in [0.25, 0.3) is 0 Å². The summed E-state index contributed by atoms with van der Waals surface area (Å²) < 4.78 is 180. The molecule has 0 heterocycles. The van der Waals surface area contributed by atoms with Crippen LogP contribution in [-0.2, 0) is 5.41 Å². The van der Waals surface area contributed by atoms with Gasteiger partial charge >= 0.3 is 25.0 Å². The molecule has 0 atom stereocenters. The molecule has 240 valence electrons. The van der Waals surface area contributed by atoms with Gasteiger partial charge in [0.05, 0.1) is 11.4 Å². The second-order valence-corrected chi connectivity index (χ2v) is 9.18. The number of ether oxygens (including phenoxy) is 2. The predicted octanol–water partition coefficient (Wildman–Crippen LogP) is 10.5. The van der Waals surface area contributed by atoms with Crippen LogP contribution in [0.5, 0.6) is 23.0 Å². The number of rotatable bonds is 8. The third-order valence-corrected chi connectivity index (χ3v) is 6.20. The van der Waals surface area contributed by atoms with Crippen molar-refractivity contribution in [1.82, 2.24) is 0 Å². The molecule has 0 bridgehead atoms. The summed E-state index contributed by atoms with van der Waals surface area (Å²) in [5.41, 5.74) is -9.80. The number of hydrogen-bond donors (Lipinski definition) is 2. The van der Waals surface area contributed by atoms with Crippen molar-refractivity contribution in [3.05, 3.63) is 108 Å². The molecule has 4 aromatic rings. The molecule has 0 saturated carbocycles. The zero-order valence-electron chi connectivity index (χ0n) is 22.1. The van der Waals surface area contributed by atoms with Gasteiger partial charge in [0.1, 0.15) is 11.5 Å². The fourth-order valence-electron chi connectivity index (χ4n) is 4.51. The van der Waals surface area contributed by atoms with E-state index in [1.807, 2.05) is 0 Å². The minimum absolute atomic E-state index is 0.423. The minimum Gasteiger partial charge on any atom is -0.455 e. The van der Waals surface area contributed by atoms with Crippen molar-refractivity contribution < 1.29 is 62.2 Å². The molecule has 0 unspecified atom stereocenters. The lowest BCUT2D eigenvalue weighted by Crippen LogP contribution is -2.55. The molecule has 4 nitrogen and oxygen atoms in total. The Kier molecular flexibility index (Phi) is 8.81. The Bertz CT molecular complexity index is 1510. The Morgan fingerprint density at radius 3 is 0.978 bits per heavy atom. The van der Waals surface area contributed by atoms with Gasteiger partial charge < -0.3 is 9.47 Å². The molecule has 4 aromatic carbocycles. The fourth-order valence-corrected chi connectivity index (χ4v) is 4.51. The van der Waals surface area contributed by atoms with E-state index in [1.54, 1.807) is 0 Å². The highest BCUT2D eigenvalue weighted by molar-refractivity contribution is 5.62. The van der Waals surface area contributed by atoms with E-state index in [0.717, 1.165) is 83.4 Å². The molecule has 16 heteroatoms. The Balaban J connectivity index is 1.96. The van der Waals surface area contributed by atoms with Crippen LogP contribution in [0.15, 0.2) is 97.1 Å². The van der Waals surface area contributed by atoms with Gasteiger partial charge in [-0.15, -0.1) is 0 Å². The molecule has 0 saturated heterocycles. The van der Waals surface area contributed by atoms with Gasteiger partial charge in [0.2, 0.25) is 5.41 Å². The molecule has 2 N–H and O–H groups in total. The first-order valence-electron chi connectivity index (χ1n) is 12.4. The van der Waals surface area contributed by atoms with Gasteiger partial charge in [-0.05, 0) is 36.4 Å². The van der Waals surface area contributed by atoms with Crippen LogP contribution in [0.2, 0.25) is 0 Å². The van der Waals surface area contributed by atoms with Crippen molar-refractivity contribution in [1.29, 1.82) is 0 Å². The van der Waals surface area contributed by atoms with Gasteiger partial charge in [-0.1, -0.05) is 60.7 Å². The van der Waals surface area contributed by atoms with Crippen LogP contribution in [0, 0.1) is 0 Å². The lowest BCUT2D eigenvalue weighted by atomic mass is 9.72. The van der Waals surface area contributed by atoms with Crippen molar-refractivity contribution in [3.8, 4) is 23.0 Å². The maximum atomic E-state index is 15.1. The highest BCUT2D eigenvalue weighted by Gasteiger charge is 2.74. The molecule has 45 heavy (non-hydrogen) atoms. The molecule has 0 fully saturated rings. The summed E-state index contributed by atoms with van der Waals surface area (Å²) in [6.45, 7) is 0. The Morgan fingerprint density at radius 1 is 0.378 bits per heavy atom. The monoisotopic (exact) mass is 654 g/mol. The first kappa shape index (κ1) is 33.1. The van der Waals surface area contributed by atoms with Crippen LogP contribution < -0.4 is 20.1 Å². The first-order chi connectivity index (χ1) is 20.8. The van der Waals surface area contributed by atoms with E-state index in [4.69, 9.17) is 9.47 Å². The van der Waals surface area contributed by atoms with Crippen molar-refractivity contribution in [3.63, 3.8) is 0 Å². The van der Waals surface area contributed by atoms with Crippen LogP contribution in [0.4, 0.5) is 64.1 Å². The highest BCUT2D eigenvalue weighted by Crippen LogP contribution is 2.60.